The zero-order chi connectivity index (χ0) is 20.8. The summed E-state index contributed by atoms with van der Waals surface area (Å²) in [5, 5.41) is 5.17. The van der Waals surface area contributed by atoms with Gasteiger partial charge >= 0.3 is 5.97 Å². The highest BCUT2D eigenvalue weighted by Crippen LogP contribution is 2.22. The lowest BCUT2D eigenvalue weighted by atomic mass is 10.1. The summed E-state index contributed by atoms with van der Waals surface area (Å²) in [5.41, 5.74) is 0.339. The number of para-hydroxylation sites is 2. The third-order valence-corrected chi connectivity index (χ3v) is 3.91. The van der Waals surface area contributed by atoms with Crippen LogP contribution in [0.1, 0.15) is 27.6 Å². The van der Waals surface area contributed by atoms with Crippen LogP contribution in [-0.4, -0.2) is 23.5 Å². The Bertz CT molecular complexity index is 1040. The molecule has 6 nitrogen and oxygen atoms in total. The summed E-state index contributed by atoms with van der Waals surface area (Å²) in [6.45, 7) is 1.93. The Hall–Kier alpha value is -3.81. The first-order chi connectivity index (χ1) is 14.0. The summed E-state index contributed by atoms with van der Waals surface area (Å²) in [7, 11) is 0. The predicted octanol–water partition coefficient (Wildman–Crippen LogP) is 4.53. The summed E-state index contributed by atoms with van der Waals surface area (Å²) in [5.74, 6) is -2.70. The number of hydrogen-bond donors (Lipinski definition) is 2. The zero-order valence-electron chi connectivity index (χ0n) is 15.4. The SMILES string of the molecule is CCOC(=O)c1ccccc1Nc1cc(C(=O)Nc2c(F)cccc2F)ccn1. The molecule has 2 aromatic carbocycles. The number of nitrogens with zero attached hydrogens (tertiary/aromatic N) is 1. The van der Waals surface area contributed by atoms with Gasteiger partial charge in [0.15, 0.2) is 0 Å². The molecular weight excluding hydrogens is 380 g/mol. The normalized spacial score (nSPS) is 10.3. The van der Waals surface area contributed by atoms with Crippen LogP contribution >= 0.6 is 0 Å². The van der Waals surface area contributed by atoms with Crippen LogP contribution in [-0.2, 0) is 4.74 Å². The second kappa shape index (κ2) is 8.92. The lowest BCUT2D eigenvalue weighted by Gasteiger charge is -2.12. The van der Waals surface area contributed by atoms with E-state index < -0.39 is 29.2 Å². The maximum atomic E-state index is 13.8. The zero-order valence-corrected chi connectivity index (χ0v) is 15.4. The van der Waals surface area contributed by atoms with Crippen LogP contribution in [0.5, 0.6) is 0 Å². The molecule has 0 unspecified atom stereocenters. The van der Waals surface area contributed by atoms with Gasteiger partial charge in [-0.2, -0.15) is 0 Å². The first-order valence-electron chi connectivity index (χ1n) is 8.74. The average molecular weight is 397 g/mol. The third-order valence-electron chi connectivity index (χ3n) is 3.91. The second-order valence-corrected chi connectivity index (χ2v) is 5.87. The number of aromatic nitrogens is 1. The highest BCUT2D eigenvalue weighted by atomic mass is 19.1. The third kappa shape index (κ3) is 4.73. The van der Waals surface area contributed by atoms with Gasteiger partial charge in [0.25, 0.3) is 5.91 Å². The molecule has 0 atom stereocenters. The number of hydrogen-bond acceptors (Lipinski definition) is 5. The maximum absolute atomic E-state index is 13.8. The van der Waals surface area contributed by atoms with Gasteiger partial charge < -0.3 is 15.4 Å². The van der Waals surface area contributed by atoms with Gasteiger partial charge in [-0.1, -0.05) is 18.2 Å². The molecule has 1 heterocycles. The molecule has 0 radical (unpaired) electrons. The Morgan fingerprint density at radius 3 is 2.48 bits per heavy atom. The molecule has 2 N–H and O–H groups in total. The minimum absolute atomic E-state index is 0.124. The molecule has 0 saturated carbocycles. The van der Waals surface area contributed by atoms with Gasteiger partial charge in [0.1, 0.15) is 23.1 Å². The van der Waals surface area contributed by atoms with Gasteiger partial charge in [-0.25, -0.2) is 18.6 Å². The standard InChI is InChI=1S/C21H17F2N3O3/c1-2-29-21(28)14-6-3-4-9-17(14)25-18-12-13(10-11-24-18)20(27)26-19-15(22)7-5-8-16(19)23/h3-12H,2H2,1H3,(H,24,25)(H,26,27). The van der Waals surface area contributed by atoms with Crippen LogP contribution in [0.3, 0.4) is 0 Å². The fourth-order valence-corrected chi connectivity index (χ4v) is 2.56. The van der Waals surface area contributed by atoms with Crippen molar-refractivity contribution in [2.45, 2.75) is 6.92 Å². The van der Waals surface area contributed by atoms with Crippen LogP contribution in [0.2, 0.25) is 0 Å². The summed E-state index contributed by atoms with van der Waals surface area (Å²) in [4.78, 5) is 28.6. The van der Waals surface area contributed by atoms with E-state index >= 15 is 0 Å². The van der Waals surface area contributed by atoms with Crippen LogP contribution in [0, 0.1) is 11.6 Å². The molecule has 0 bridgehead atoms. The number of anilines is 3. The average Bonchev–Trinajstić information content (AvgIpc) is 2.71. The molecule has 0 aliphatic rings. The molecule has 148 valence electrons. The van der Waals surface area contributed by atoms with Crippen LogP contribution in [0.4, 0.5) is 26.0 Å². The molecule has 0 aliphatic carbocycles. The number of ether oxygens (including phenoxy) is 1. The largest absolute Gasteiger partial charge is 0.462 e. The van der Waals surface area contributed by atoms with E-state index in [4.69, 9.17) is 4.74 Å². The van der Waals surface area contributed by atoms with E-state index in [2.05, 4.69) is 15.6 Å². The number of esters is 1. The number of amides is 1. The molecule has 1 aromatic heterocycles. The van der Waals surface area contributed by atoms with Crippen molar-refractivity contribution in [1.29, 1.82) is 0 Å². The maximum Gasteiger partial charge on any atom is 0.340 e. The molecule has 1 amide bonds. The van der Waals surface area contributed by atoms with E-state index in [1.807, 2.05) is 0 Å². The van der Waals surface area contributed by atoms with Gasteiger partial charge in [0.2, 0.25) is 0 Å². The van der Waals surface area contributed by atoms with Crippen LogP contribution in [0.15, 0.2) is 60.8 Å². The predicted molar refractivity (Wildman–Crippen MR) is 104 cm³/mol. The molecule has 3 rings (SSSR count). The quantitative estimate of drug-likeness (QED) is 0.598. The van der Waals surface area contributed by atoms with E-state index in [0.717, 1.165) is 12.1 Å². The highest BCUT2D eigenvalue weighted by Gasteiger charge is 2.15. The minimum Gasteiger partial charge on any atom is -0.462 e. The number of nitrogens with one attached hydrogen (secondary N) is 2. The molecule has 0 spiro atoms. The number of pyridine rings is 1. The van der Waals surface area contributed by atoms with E-state index in [1.165, 1.54) is 24.4 Å². The molecule has 0 fully saturated rings. The van der Waals surface area contributed by atoms with Gasteiger partial charge in [-0.3, -0.25) is 4.79 Å². The molecule has 29 heavy (non-hydrogen) atoms. The van der Waals surface area contributed by atoms with Crippen LogP contribution < -0.4 is 10.6 Å². The van der Waals surface area contributed by atoms with Crippen molar-refractivity contribution in [3.05, 3.63) is 83.6 Å². The topological polar surface area (TPSA) is 80.3 Å². The smallest absolute Gasteiger partial charge is 0.340 e. The van der Waals surface area contributed by atoms with Crippen molar-refractivity contribution in [1.82, 2.24) is 4.98 Å². The van der Waals surface area contributed by atoms with Crippen molar-refractivity contribution in [2.75, 3.05) is 17.2 Å². The van der Waals surface area contributed by atoms with Crippen molar-refractivity contribution in [3.63, 3.8) is 0 Å². The molecule has 0 aliphatic heterocycles. The summed E-state index contributed by atoms with van der Waals surface area (Å²) >= 11 is 0. The number of carbonyl (C=O) groups is 2. The number of benzene rings is 2. The summed E-state index contributed by atoms with van der Waals surface area (Å²) < 4.78 is 32.5. The Kier molecular flexibility index (Phi) is 6.13. The first kappa shape index (κ1) is 19.9. The Balaban J connectivity index is 1.82. The number of carbonyl (C=O) groups excluding carboxylic acids is 2. The Morgan fingerprint density at radius 1 is 1.03 bits per heavy atom. The first-order valence-corrected chi connectivity index (χ1v) is 8.74. The van der Waals surface area contributed by atoms with E-state index in [0.29, 0.717) is 11.3 Å². The number of halogens is 2. The molecule has 3 aromatic rings. The Morgan fingerprint density at radius 2 is 1.76 bits per heavy atom. The highest BCUT2D eigenvalue weighted by molar-refractivity contribution is 6.05. The van der Waals surface area contributed by atoms with Crippen molar-refractivity contribution >= 4 is 29.1 Å². The summed E-state index contributed by atoms with van der Waals surface area (Å²) in [6, 6.07) is 12.8. The second-order valence-electron chi connectivity index (χ2n) is 5.87. The molecular formula is C21H17F2N3O3. The number of rotatable bonds is 6. The molecule has 8 heteroatoms. The monoisotopic (exact) mass is 397 g/mol. The molecule has 0 saturated heterocycles. The fourth-order valence-electron chi connectivity index (χ4n) is 2.56. The van der Waals surface area contributed by atoms with Crippen molar-refractivity contribution in [3.8, 4) is 0 Å². The lowest BCUT2D eigenvalue weighted by molar-refractivity contribution is 0.0527. The van der Waals surface area contributed by atoms with Crippen molar-refractivity contribution < 1.29 is 23.1 Å². The fraction of sp³-hybridized carbons (Fsp3) is 0.0952. The Labute approximate surface area is 165 Å². The lowest BCUT2D eigenvalue weighted by Crippen LogP contribution is -2.15. The summed E-state index contributed by atoms with van der Waals surface area (Å²) in [6.07, 6.45) is 1.36. The van der Waals surface area contributed by atoms with E-state index in [1.54, 1.807) is 31.2 Å². The van der Waals surface area contributed by atoms with Gasteiger partial charge in [0.05, 0.1) is 17.9 Å². The minimum atomic E-state index is -0.880. The van der Waals surface area contributed by atoms with Crippen LogP contribution in [0.25, 0.3) is 0 Å². The van der Waals surface area contributed by atoms with Gasteiger partial charge in [-0.05, 0) is 43.3 Å². The van der Waals surface area contributed by atoms with E-state index in [9.17, 15) is 18.4 Å². The van der Waals surface area contributed by atoms with Gasteiger partial charge in [0, 0.05) is 11.8 Å². The van der Waals surface area contributed by atoms with Crippen molar-refractivity contribution in [2.24, 2.45) is 0 Å². The van der Waals surface area contributed by atoms with Gasteiger partial charge in [-0.15, -0.1) is 0 Å². The van der Waals surface area contributed by atoms with E-state index in [-0.39, 0.29) is 18.0 Å².